The van der Waals surface area contributed by atoms with E-state index in [0.29, 0.717) is 16.7 Å². The highest BCUT2D eigenvalue weighted by Crippen LogP contribution is 2.23. The summed E-state index contributed by atoms with van der Waals surface area (Å²) in [4.78, 5) is 30.9. The lowest BCUT2D eigenvalue weighted by Gasteiger charge is -2.17. The second kappa shape index (κ2) is 8.07. The maximum Gasteiger partial charge on any atom is 0.329 e. The van der Waals surface area contributed by atoms with E-state index in [4.69, 9.17) is 16.3 Å². The van der Waals surface area contributed by atoms with Crippen molar-refractivity contribution in [2.45, 2.75) is 32.5 Å². The summed E-state index contributed by atoms with van der Waals surface area (Å²) < 4.78 is 8.38. The highest BCUT2D eigenvalue weighted by molar-refractivity contribution is 6.32. The van der Waals surface area contributed by atoms with E-state index < -0.39 is 17.4 Å². The number of anilines is 1. The summed E-state index contributed by atoms with van der Waals surface area (Å²) in [7, 11) is 1.52. The minimum atomic E-state index is -0.946. The van der Waals surface area contributed by atoms with E-state index in [-0.39, 0.29) is 30.4 Å². The molecule has 3 rings (SSSR count). The van der Waals surface area contributed by atoms with E-state index >= 15 is 0 Å². The lowest BCUT2D eigenvalue weighted by atomic mass is 10.3. The van der Waals surface area contributed by atoms with Crippen molar-refractivity contribution < 1.29 is 9.84 Å². The molecule has 150 valence electrons. The number of ether oxygens (including phenoxy) is 1. The first-order valence-electron chi connectivity index (χ1n) is 8.79. The summed E-state index contributed by atoms with van der Waals surface area (Å²) in [5.41, 5.74) is -0.694. The van der Waals surface area contributed by atoms with Crippen LogP contribution < -0.4 is 21.3 Å². The number of halogens is 1. The van der Waals surface area contributed by atoms with E-state index in [1.807, 2.05) is 13.8 Å². The lowest BCUT2D eigenvalue weighted by Crippen LogP contribution is -2.31. The summed E-state index contributed by atoms with van der Waals surface area (Å²) in [5.74, 6) is 0.841. The first kappa shape index (κ1) is 20.0. The molecule has 0 aliphatic rings. The van der Waals surface area contributed by atoms with Gasteiger partial charge in [0.25, 0.3) is 5.56 Å². The summed E-state index contributed by atoms with van der Waals surface area (Å²) in [6.45, 7) is 3.85. The van der Waals surface area contributed by atoms with E-state index in [2.05, 4.69) is 15.3 Å². The molecule has 3 aromatic rings. The smallest absolute Gasteiger partial charge is 0.329 e. The Morgan fingerprint density at radius 3 is 2.71 bits per heavy atom. The van der Waals surface area contributed by atoms with Gasteiger partial charge in [-0.1, -0.05) is 23.7 Å². The predicted molar refractivity (Wildman–Crippen MR) is 107 cm³/mol. The average Bonchev–Trinajstić information content (AvgIpc) is 2.97. The first-order valence-corrected chi connectivity index (χ1v) is 9.17. The average molecular weight is 408 g/mol. The number of nitrogens with zero attached hydrogens (tertiary/aromatic N) is 3. The third kappa shape index (κ3) is 4.05. The molecule has 2 aromatic heterocycles. The molecule has 2 heterocycles. The topological polar surface area (TPSA) is 114 Å². The van der Waals surface area contributed by atoms with E-state index in [1.165, 1.54) is 11.6 Å². The molecule has 9 nitrogen and oxygen atoms in total. The summed E-state index contributed by atoms with van der Waals surface area (Å²) in [5, 5.41) is 14.1. The SMILES string of the molecule is CC(C)Nc1nc2c(c(=O)[nH]c(=O)n2C)n1CC(O)COc1ccccc1Cl. The Labute approximate surface area is 165 Å². The first-order chi connectivity index (χ1) is 13.3. The Bertz CT molecular complexity index is 1100. The van der Waals surface area contributed by atoms with Crippen LogP contribution >= 0.6 is 11.6 Å². The third-order valence-electron chi connectivity index (χ3n) is 4.09. The molecule has 28 heavy (non-hydrogen) atoms. The minimum absolute atomic E-state index is 0.0307. The van der Waals surface area contributed by atoms with Gasteiger partial charge < -0.3 is 19.7 Å². The Balaban J connectivity index is 1.92. The van der Waals surface area contributed by atoms with Gasteiger partial charge in [-0.05, 0) is 26.0 Å². The van der Waals surface area contributed by atoms with Crippen molar-refractivity contribution in [3.8, 4) is 5.75 Å². The summed E-state index contributed by atoms with van der Waals surface area (Å²) in [6, 6.07) is 6.99. The fraction of sp³-hybridized carbons (Fsp3) is 0.389. The van der Waals surface area contributed by atoms with Crippen molar-refractivity contribution in [1.29, 1.82) is 0 Å². The van der Waals surface area contributed by atoms with Gasteiger partial charge in [0.15, 0.2) is 11.2 Å². The van der Waals surface area contributed by atoms with Crippen molar-refractivity contribution in [3.05, 3.63) is 50.1 Å². The largest absolute Gasteiger partial charge is 0.489 e. The second-order valence-electron chi connectivity index (χ2n) is 6.73. The zero-order valence-corrected chi connectivity index (χ0v) is 16.5. The number of aromatic amines is 1. The normalized spacial score (nSPS) is 12.5. The Morgan fingerprint density at radius 2 is 2.04 bits per heavy atom. The molecular formula is C18H22ClN5O4. The fourth-order valence-corrected chi connectivity index (χ4v) is 2.98. The highest BCUT2D eigenvalue weighted by Gasteiger charge is 2.20. The number of rotatable bonds is 7. The number of H-pyrrole nitrogens is 1. The standard InChI is InChI=1S/C18H22ClN5O4/c1-10(2)20-17-21-15-14(16(26)22-18(27)23(15)3)24(17)8-11(25)9-28-13-7-5-4-6-12(13)19/h4-7,10-11,25H,8-9H2,1-3H3,(H,20,21)(H,22,26,27). The van der Waals surface area contributed by atoms with Crippen LogP contribution in [0.15, 0.2) is 33.9 Å². The van der Waals surface area contributed by atoms with Crippen molar-refractivity contribution in [2.24, 2.45) is 7.05 Å². The minimum Gasteiger partial charge on any atom is -0.489 e. The van der Waals surface area contributed by atoms with Crippen LogP contribution in [0.1, 0.15) is 13.8 Å². The van der Waals surface area contributed by atoms with Crippen molar-refractivity contribution >= 4 is 28.7 Å². The number of aryl methyl sites for hydroxylation is 1. The van der Waals surface area contributed by atoms with Crippen LogP contribution in [0, 0.1) is 0 Å². The molecule has 0 fully saturated rings. The molecule has 0 saturated carbocycles. The van der Waals surface area contributed by atoms with Crippen molar-refractivity contribution in [2.75, 3.05) is 11.9 Å². The molecule has 0 bridgehead atoms. The number of aliphatic hydroxyl groups excluding tert-OH is 1. The lowest BCUT2D eigenvalue weighted by molar-refractivity contribution is 0.0938. The molecule has 10 heteroatoms. The number of imidazole rings is 1. The Morgan fingerprint density at radius 1 is 1.32 bits per heavy atom. The quantitative estimate of drug-likeness (QED) is 0.544. The van der Waals surface area contributed by atoms with Crippen molar-refractivity contribution in [3.63, 3.8) is 0 Å². The zero-order valence-electron chi connectivity index (χ0n) is 15.8. The number of aliphatic hydroxyl groups is 1. The van der Waals surface area contributed by atoms with E-state index in [9.17, 15) is 14.7 Å². The predicted octanol–water partition coefficient (Wildman–Crippen LogP) is 1.34. The van der Waals surface area contributed by atoms with Gasteiger partial charge in [-0.15, -0.1) is 0 Å². The summed E-state index contributed by atoms with van der Waals surface area (Å²) >= 11 is 6.05. The van der Waals surface area contributed by atoms with E-state index in [1.54, 1.807) is 28.8 Å². The zero-order chi connectivity index (χ0) is 20.4. The van der Waals surface area contributed by atoms with Gasteiger partial charge in [0.1, 0.15) is 18.5 Å². The van der Waals surface area contributed by atoms with Crippen LogP contribution in [-0.2, 0) is 13.6 Å². The van der Waals surface area contributed by atoms with E-state index in [0.717, 1.165) is 0 Å². The molecule has 0 spiro atoms. The van der Waals surface area contributed by atoms with Gasteiger partial charge in [-0.3, -0.25) is 14.3 Å². The molecule has 0 aliphatic heterocycles. The van der Waals surface area contributed by atoms with Gasteiger partial charge in [0.05, 0.1) is 11.6 Å². The number of hydrogen-bond donors (Lipinski definition) is 3. The van der Waals surface area contributed by atoms with Gasteiger partial charge >= 0.3 is 5.69 Å². The summed E-state index contributed by atoms with van der Waals surface area (Å²) in [6.07, 6.45) is -0.946. The Kier molecular flexibility index (Phi) is 5.76. The molecule has 0 saturated heterocycles. The van der Waals surface area contributed by atoms with Crippen molar-refractivity contribution in [1.82, 2.24) is 19.1 Å². The van der Waals surface area contributed by atoms with Crippen LogP contribution in [0.4, 0.5) is 5.95 Å². The maximum atomic E-state index is 12.4. The fourth-order valence-electron chi connectivity index (χ4n) is 2.79. The van der Waals surface area contributed by atoms with Crippen LogP contribution in [-0.4, -0.2) is 43.0 Å². The van der Waals surface area contributed by atoms with Gasteiger partial charge in [0.2, 0.25) is 5.95 Å². The number of para-hydroxylation sites is 1. The van der Waals surface area contributed by atoms with Crippen LogP contribution in [0.25, 0.3) is 11.2 Å². The van der Waals surface area contributed by atoms with Crippen LogP contribution in [0.2, 0.25) is 5.02 Å². The van der Waals surface area contributed by atoms with Gasteiger partial charge in [-0.25, -0.2) is 4.79 Å². The third-order valence-corrected chi connectivity index (χ3v) is 4.40. The molecule has 1 unspecified atom stereocenters. The molecule has 0 aliphatic carbocycles. The molecule has 0 amide bonds. The number of aromatic nitrogens is 4. The molecule has 1 aromatic carbocycles. The highest BCUT2D eigenvalue weighted by atomic mass is 35.5. The maximum absolute atomic E-state index is 12.4. The monoisotopic (exact) mass is 407 g/mol. The van der Waals surface area contributed by atoms with Crippen LogP contribution in [0.5, 0.6) is 5.75 Å². The molecular weight excluding hydrogens is 386 g/mol. The number of hydrogen-bond acceptors (Lipinski definition) is 6. The Hall–Kier alpha value is -2.78. The number of fused-ring (bicyclic) bond motifs is 1. The molecule has 0 radical (unpaired) electrons. The van der Waals surface area contributed by atoms with Gasteiger partial charge in [-0.2, -0.15) is 4.98 Å². The number of benzene rings is 1. The van der Waals surface area contributed by atoms with Gasteiger partial charge in [0, 0.05) is 13.1 Å². The van der Waals surface area contributed by atoms with Crippen LogP contribution in [0.3, 0.4) is 0 Å². The molecule has 3 N–H and O–H groups in total. The number of nitrogens with one attached hydrogen (secondary N) is 2. The molecule has 1 atom stereocenters. The second-order valence-corrected chi connectivity index (χ2v) is 7.14.